The Labute approximate surface area is 147 Å². The van der Waals surface area contributed by atoms with Crippen molar-refractivity contribution in [2.24, 2.45) is 0 Å². The minimum Gasteiger partial charge on any atom is -0.494 e. The van der Waals surface area contributed by atoms with E-state index in [9.17, 15) is 4.79 Å². The van der Waals surface area contributed by atoms with Crippen molar-refractivity contribution in [3.63, 3.8) is 0 Å². The van der Waals surface area contributed by atoms with Crippen molar-refractivity contribution in [1.82, 2.24) is 0 Å². The molecule has 0 aliphatic carbocycles. The number of ether oxygens (including phenoxy) is 1. The molecule has 24 heavy (non-hydrogen) atoms. The van der Waals surface area contributed by atoms with Crippen LogP contribution in [0.15, 0.2) is 42.5 Å². The number of anilines is 2. The van der Waals surface area contributed by atoms with Crippen LogP contribution in [0.3, 0.4) is 0 Å². The second-order valence-electron chi connectivity index (χ2n) is 5.74. The molecule has 1 aliphatic rings. The van der Waals surface area contributed by atoms with Crippen LogP contribution in [-0.2, 0) is 0 Å². The van der Waals surface area contributed by atoms with Crippen molar-refractivity contribution >= 4 is 28.9 Å². The highest BCUT2D eigenvalue weighted by Gasteiger charge is 2.20. The van der Waals surface area contributed by atoms with Gasteiger partial charge in [-0.1, -0.05) is 17.7 Å². The van der Waals surface area contributed by atoms with E-state index >= 15 is 0 Å². The van der Waals surface area contributed by atoms with Crippen LogP contribution < -0.4 is 15.0 Å². The van der Waals surface area contributed by atoms with Crippen LogP contribution in [0.4, 0.5) is 11.4 Å². The Balaban J connectivity index is 1.80. The Morgan fingerprint density at radius 2 is 1.88 bits per heavy atom. The summed E-state index contributed by atoms with van der Waals surface area (Å²) < 4.78 is 5.41. The lowest BCUT2D eigenvalue weighted by Gasteiger charge is -2.23. The van der Waals surface area contributed by atoms with E-state index < -0.39 is 0 Å². The van der Waals surface area contributed by atoms with Gasteiger partial charge in [0.25, 0.3) is 5.91 Å². The van der Waals surface area contributed by atoms with Crippen molar-refractivity contribution in [3.8, 4) is 5.75 Å². The topological polar surface area (TPSA) is 41.6 Å². The Hall–Kier alpha value is -2.20. The fraction of sp³-hybridized carbons (Fsp3) is 0.316. The summed E-state index contributed by atoms with van der Waals surface area (Å²) in [5, 5.41) is 3.66. The summed E-state index contributed by atoms with van der Waals surface area (Å²) in [5.74, 6) is 0.607. The lowest BCUT2D eigenvalue weighted by molar-refractivity contribution is 0.102. The average molecular weight is 345 g/mol. The number of benzene rings is 2. The Bertz CT molecular complexity index is 710. The maximum absolute atomic E-state index is 12.5. The van der Waals surface area contributed by atoms with Crippen molar-refractivity contribution in [3.05, 3.63) is 53.1 Å². The first-order valence-electron chi connectivity index (χ1n) is 8.26. The molecule has 0 atom stereocenters. The van der Waals surface area contributed by atoms with Gasteiger partial charge in [-0.2, -0.15) is 0 Å². The summed E-state index contributed by atoms with van der Waals surface area (Å²) in [5.41, 5.74) is 2.25. The molecule has 0 unspecified atom stereocenters. The lowest BCUT2D eigenvalue weighted by atomic mass is 10.2. The number of rotatable bonds is 5. The molecular weight excluding hydrogens is 324 g/mol. The number of hydrogen-bond donors (Lipinski definition) is 1. The van der Waals surface area contributed by atoms with Gasteiger partial charge in [-0.15, -0.1) is 0 Å². The summed E-state index contributed by atoms with van der Waals surface area (Å²) in [6, 6.07) is 12.7. The van der Waals surface area contributed by atoms with Crippen LogP contribution in [0.25, 0.3) is 0 Å². The first kappa shape index (κ1) is 16.7. The van der Waals surface area contributed by atoms with Crippen LogP contribution in [0, 0.1) is 0 Å². The molecule has 1 N–H and O–H groups in total. The second kappa shape index (κ2) is 7.58. The van der Waals surface area contributed by atoms with Crippen LogP contribution in [0.5, 0.6) is 5.75 Å². The van der Waals surface area contributed by atoms with Gasteiger partial charge >= 0.3 is 0 Å². The van der Waals surface area contributed by atoms with E-state index in [0.717, 1.165) is 43.1 Å². The first-order chi connectivity index (χ1) is 11.7. The number of carbonyl (C=O) groups excluding carboxylic acids is 1. The summed E-state index contributed by atoms with van der Waals surface area (Å²) >= 11 is 6.38. The number of para-hydroxylation sites is 1. The summed E-state index contributed by atoms with van der Waals surface area (Å²) in [6.07, 6.45) is 2.30. The number of amides is 1. The molecule has 1 fully saturated rings. The molecule has 0 radical (unpaired) electrons. The largest absolute Gasteiger partial charge is 0.494 e. The standard InChI is InChI=1S/C19H21ClN2O2/c1-2-24-15-10-8-14(9-11-15)19(23)21-17-7-5-6-16(20)18(17)22-12-3-4-13-22/h5-11H,2-4,12-13H2,1H3,(H,21,23). The van der Waals surface area contributed by atoms with E-state index in [1.54, 1.807) is 24.3 Å². The van der Waals surface area contributed by atoms with Gasteiger partial charge in [-0.25, -0.2) is 0 Å². The molecular formula is C19H21ClN2O2. The van der Waals surface area contributed by atoms with Crippen molar-refractivity contribution in [1.29, 1.82) is 0 Å². The fourth-order valence-corrected chi connectivity index (χ4v) is 3.24. The number of hydrogen-bond acceptors (Lipinski definition) is 3. The third-order valence-corrected chi connectivity index (χ3v) is 4.39. The Kier molecular flexibility index (Phi) is 5.26. The van der Waals surface area contributed by atoms with E-state index in [1.807, 2.05) is 25.1 Å². The summed E-state index contributed by atoms with van der Waals surface area (Å²) in [7, 11) is 0. The fourth-order valence-electron chi connectivity index (χ4n) is 2.94. The van der Waals surface area contributed by atoms with E-state index in [-0.39, 0.29) is 5.91 Å². The minimum atomic E-state index is -0.152. The molecule has 0 aromatic heterocycles. The van der Waals surface area contributed by atoms with Gasteiger partial charge < -0.3 is 15.0 Å². The molecule has 4 nitrogen and oxygen atoms in total. The number of carbonyl (C=O) groups is 1. The van der Waals surface area contributed by atoms with Crippen molar-refractivity contribution < 1.29 is 9.53 Å². The number of halogens is 1. The van der Waals surface area contributed by atoms with E-state index in [4.69, 9.17) is 16.3 Å². The van der Waals surface area contributed by atoms with Crippen molar-refractivity contribution in [2.75, 3.05) is 29.9 Å². The molecule has 1 aliphatic heterocycles. The molecule has 1 saturated heterocycles. The summed E-state index contributed by atoms with van der Waals surface area (Å²) in [4.78, 5) is 14.8. The minimum absolute atomic E-state index is 0.152. The van der Waals surface area contributed by atoms with E-state index in [2.05, 4.69) is 10.2 Å². The maximum atomic E-state index is 12.5. The van der Waals surface area contributed by atoms with Crippen molar-refractivity contribution in [2.45, 2.75) is 19.8 Å². The second-order valence-corrected chi connectivity index (χ2v) is 6.15. The van der Waals surface area contributed by atoms with Gasteiger partial charge in [0.05, 0.1) is 23.0 Å². The predicted octanol–water partition coefficient (Wildman–Crippen LogP) is 4.59. The molecule has 0 bridgehead atoms. The first-order valence-corrected chi connectivity index (χ1v) is 8.64. The molecule has 3 rings (SSSR count). The Morgan fingerprint density at radius 1 is 1.17 bits per heavy atom. The zero-order chi connectivity index (χ0) is 16.9. The highest BCUT2D eigenvalue weighted by Crippen LogP contribution is 2.36. The SMILES string of the molecule is CCOc1ccc(C(=O)Nc2cccc(Cl)c2N2CCCC2)cc1. The molecule has 2 aromatic carbocycles. The quantitative estimate of drug-likeness (QED) is 0.862. The zero-order valence-electron chi connectivity index (χ0n) is 13.7. The van der Waals surface area contributed by atoms with E-state index in [0.29, 0.717) is 17.2 Å². The third-order valence-electron chi connectivity index (χ3n) is 4.08. The lowest BCUT2D eigenvalue weighted by Crippen LogP contribution is -2.21. The molecule has 1 amide bonds. The third kappa shape index (κ3) is 3.65. The van der Waals surface area contributed by atoms with Crippen LogP contribution in [0.1, 0.15) is 30.1 Å². The van der Waals surface area contributed by atoms with Crippen LogP contribution in [0.2, 0.25) is 5.02 Å². The van der Waals surface area contributed by atoms with Gasteiger partial charge in [-0.05, 0) is 56.2 Å². The Morgan fingerprint density at radius 3 is 2.54 bits per heavy atom. The smallest absolute Gasteiger partial charge is 0.255 e. The molecule has 2 aromatic rings. The monoisotopic (exact) mass is 344 g/mol. The highest BCUT2D eigenvalue weighted by molar-refractivity contribution is 6.34. The molecule has 0 saturated carbocycles. The van der Waals surface area contributed by atoms with Gasteiger partial charge in [0, 0.05) is 18.7 Å². The predicted molar refractivity (Wildman–Crippen MR) is 98.5 cm³/mol. The normalized spacial score (nSPS) is 13.8. The molecule has 126 valence electrons. The van der Waals surface area contributed by atoms with Gasteiger partial charge in [-0.3, -0.25) is 4.79 Å². The number of nitrogens with zero attached hydrogens (tertiary/aromatic N) is 1. The highest BCUT2D eigenvalue weighted by atomic mass is 35.5. The molecule has 5 heteroatoms. The van der Waals surface area contributed by atoms with Gasteiger partial charge in [0.1, 0.15) is 5.75 Å². The molecule has 0 spiro atoms. The molecule has 1 heterocycles. The average Bonchev–Trinajstić information content (AvgIpc) is 3.10. The van der Waals surface area contributed by atoms with Crippen LogP contribution in [-0.4, -0.2) is 25.6 Å². The van der Waals surface area contributed by atoms with Gasteiger partial charge in [0.15, 0.2) is 0 Å². The van der Waals surface area contributed by atoms with Crippen LogP contribution >= 0.6 is 11.6 Å². The van der Waals surface area contributed by atoms with Gasteiger partial charge in [0.2, 0.25) is 0 Å². The number of nitrogens with one attached hydrogen (secondary N) is 1. The summed E-state index contributed by atoms with van der Waals surface area (Å²) in [6.45, 7) is 4.47. The van der Waals surface area contributed by atoms with E-state index in [1.165, 1.54) is 0 Å². The maximum Gasteiger partial charge on any atom is 0.255 e. The zero-order valence-corrected chi connectivity index (χ0v) is 14.5.